The quantitative estimate of drug-likeness (QED) is 0.0547. The zero-order valence-electron chi connectivity index (χ0n) is 35.2. The number of amides is 7. The van der Waals surface area contributed by atoms with E-state index in [1.54, 1.807) is 26.0 Å². The summed E-state index contributed by atoms with van der Waals surface area (Å²) in [6.45, 7) is 13.2. The molecule has 9 atom stereocenters. The van der Waals surface area contributed by atoms with Crippen molar-refractivity contribution in [3.63, 3.8) is 0 Å². The molecule has 57 heavy (non-hydrogen) atoms. The largest absolute Gasteiger partial charge is 0.368 e. The van der Waals surface area contributed by atoms with Crippen molar-refractivity contribution >= 4 is 41.4 Å². The molecular formula is C41H71N9O7. The molecule has 16 heteroatoms. The van der Waals surface area contributed by atoms with Crippen LogP contribution >= 0.6 is 0 Å². The Balaban J connectivity index is 3.39. The van der Waals surface area contributed by atoms with Crippen LogP contribution in [0.2, 0.25) is 0 Å². The summed E-state index contributed by atoms with van der Waals surface area (Å²) in [5.41, 5.74) is 17.6. The molecule has 0 aliphatic heterocycles. The normalized spacial score (nSPS) is 15.9. The summed E-state index contributed by atoms with van der Waals surface area (Å²) in [6.07, 6.45) is 4.68. The lowest BCUT2D eigenvalue weighted by Crippen LogP contribution is -2.62. The minimum Gasteiger partial charge on any atom is -0.368 e. The number of hydrogen-bond acceptors (Lipinski definition) is 9. The summed E-state index contributed by atoms with van der Waals surface area (Å²) in [6, 6.07) is 2.86. The Morgan fingerprint density at radius 2 is 0.912 bits per heavy atom. The minimum atomic E-state index is -1.12. The Hall–Kier alpha value is -4.57. The van der Waals surface area contributed by atoms with Crippen molar-refractivity contribution < 1.29 is 33.6 Å². The molecule has 0 heterocycles. The third-order valence-electron chi connectivity index (χ3n) is 10.5. The highest BCUT2D eigenvalue weighted by Crippen LogP contribution is 2.16. The summed E-state index contributed by atoms with van der Waals surface area (Å²) in [7, 11) is 0. The van der Waals surface area contributed by atoms with Crippen molar-refractivity contribution in [2.45, 2.75) is 149 Å². The fraction of sp³-hybridized carbons (Fsp3) is 0.683. The second-order valence-electron chi connectivity index (χ2n) is 15.2. The topological polar surface area (TPSA) is 270 Å². The third kappa shape index (κ3) is 18.1. The molecular weight excluding hydrogens is 731 g/mol. The number of rotatable bonds is 28. The van der Waals surface area contributed by atoms with Crippen LogP contribution in [0.15, 0.2) is 30.3 Å². The predicted molar refractivity (Wildman–Crippen MR) is 221 cm³/mol. The Morgan fingerprint density at radius 3 is 1.32 bits per heavy atom. The maximum absolute atomic E-state index is 14.1. The molecule has 0 aromatic heterocycles. The van der Waals surface area contributed by atoms with Crippen molar-refractivity contribution in [1.29, 1.82) is 0 Å². The van der Waals surface area contributed by atoms with Gasteiger partial charge >= 0.3 is 0 Å². The lowest BCUT2D eigenvalue weighted by molar-refractivity contribution is -0.137. The van der Waals surface area contributed by atoms with Gasteiger partial charge in [-0.15, -0.1) is 0 Å². The monoisotopic (exact) mass is 802 g/mol. The molecule has 1 rings (SSSR count). The van der Waals surface area contributed by atoms with Gasteiger partial charge in [0.05, 0.1) is 0 Å². The first-order valence-corrected chi connectivity index (χ1v) is 20.6. The number of unbranched alkanes of at least 4 members (excludes halogenated alkanes) is 2. The summed E-state index contributed by atoms with van der Waals surface area (Å²) >= 11 is 0. The molecule has 7 amide bonds. The maximum Gasteiger partial charge on any atom is 0.243 e. The predicted octanol–water partition coefficient (Wildman–Crippen LogP) is 1.04. The first-order chi connectivity index (χ1) is 27.0. The van der Waals surface area contributed by atoms with Gasteiger partial charge < -0.3 is 49.1 Å². The van der Waals surface area contributed by atoms with Crippen LogP contribution < -0.4 is 49.1 Å². The highest BCUT2D eigenvalue weighted by Gasteiger charge is 2.37. The lowest BCUT2D eigenvalue weighted by Gasteiger charge is -2.32. The van der Waals surface area contributed by atoms with Crippen LogP contribution in [-0.4, -0.2) is 90.7 Å². The van der Waals surface area contributed by atoms with Crippen molar-refractivity contribution in [2.75, 3.05) is 13.1 Å². The van der Waals surface area contributed by atoms with Gasteiger partial charge in [0.25, 0.3) is 0 Å². The van der Waals surface area contributed by atoms with Crippen LogP contribution in [0, 0.1) is 17.8 Å². The van der Waals surface area contributed by atoms with Gasteiger partial charge in [-0.1, -0.05) is 91.1 Å². The second kappa shape index (κ2) is 27.1. The molecule has 322 valence electrons. The molecule has 0 radical (unpaired) electrons. The van der Waals surface area contributed by atoms with Gasteiger partial charge in [-0.3, -0.25) is 33.6 Å². The van der Waals surface area contributed by atoms with Gasteiger partial charge in [-0.05, 0) is 74.9 Å². The first kappa shape index (κ1) is 50.4. The van der Waals surface area contributed by atoms with E-state index in [-0.39, 0.29) is 30.6 Å². The lowest BCUT2D eigenvalue weighted by atomic mass is 9.93. The third-order valence-corrected chi connectivity index (χ3v) is 10.5. The minimum absolute atomic E-state index is 0.0952. The van der Waals surface area contributed by atoms with Gasteiger partial charge in [0.15, 0.2) is 0 Å². The summed E-state index contributed by atoms with van der Waals surface area (Å²) in [4.78, 5) is 93.5. The van der Waals surface area contributed by atoms with Crippen molar-refractivity contribution in [3.05, 3.63) is 35.9 Å². The molecule has 0 saturated carbocycles. The maximum atomic E-state index is 14.1. The van der Waals surface area contributed by atoms with E-state index in [1.165, 1.54) is 6.92 Å². The molecule has 0 saturated heterocycles. The Bertz CT molecular complexity index is 1430. The highest BCUT2D eigenvalue weighted by atomic mass is 16.2. The van der Waals surface area contributed by atoms with E-state index in [0.717, 1.165) is 5.56 Å². The number of nitrogens with two attached hydrogens (primary N) is 3. The zero-order valence-corrected chi connectivity index (χ0v) is 35.2. The van der Waals surface area contributed by atoms with Crippen LogP contribution in [0.1, 0.15) is 112 Å². The summed E-state index contributed by atoms with van der Waals surface area (Å²) in [5.74, 6) is -5.15. The number of primary amides is 1. The van der Waals surface area contributed by atoms with Gasteiger partial charge in [-0.2, -0.15) is 0 Å². The van der Waals surface area contributed by atoms with Crippen molar-refractivity contribution in [3.8, 4) is 0 Å². The average molecular weight is 802 g/mol. The van der Waals surface area contributed by atoms with Gasteiger partial charge in [-0.25, -0.2) is 0 Å². The smallest absolute Gasteiger partial charge is 0.243 e. The molecule has 0 aliphatic rings. The molecule has 12 N–H and O–H groups in total. The summed E-state index contributed by atoms with van der Waals surface area (Å²) < 4.78 is 0. The number of carbonyl (C=O) groups is 7. The van der Waals surface area contributed by atoms with E-state index in [2.05, 4.69) is 31.9 Å². The molecule has 1 aromatic rings. The molecule has 0 unspecified atom stereocenters. The SMILES string of the molecule is CC[C@H](C)[C@H](NC(=O)[C@H](CCCCN)NC(C)=O)C(=O)N[C@H](C(=O)N[C@H](C(=O)N[C@@H](Cc1ccccc1)C(=O)N[C@@H](CCCCN)C(N)=O)[C@@H](C)CC)[C@@H](C)CC. The molecule has 0 spiro atoms. The van der Waals surface area contributed by atoms with Gasteiger partial charge in [0, 0.05) is 13.3 Å². The first-order valence-electron chi connectivity index (χ1n) is 20.6. The number of nitrogens with one attached hydrogen (secondary N) is 6. The second-order valence-corrected chi connectivity index (χ2v) is 15.2. The Kier molecular flexibility index (Phi) is 24.0. The van der Waals surface area contributed by atoms with Crippen molar-refractivity contribution in [1.82, 2.24) is 31.9 Å². The average Bonchev–Trinajstić information content (AvgIpc) is 3.18. The van der Waals surface area contributed by atoms with Gasteiger partial charge in [0.1, 0.15) is 36.3 Å². The Labute approximate surface area is 339 Å². The fourth-order valence-electron chi connectivity index (χ4n) is 6.22. The van der Waals surface area contributed by atoms with Gasteiger partial charge in [0.2, 0.25) is 41.4 Å². The van der Waals surface area contributed by atoms with Crippen LogP contribution in [0.25, 0.3) is 0 Å². The van der Waals surface area contributed by atoms with E-state index in [0.29, 0.717) is 64.5 Å². The van der Waals surface area contributed by atoms with Crippen LogP contribution in [0.4, 0.5) is 0 Å². The van der Waals surface area contributed by atoms with Crippen LogP contribution in [-0.2, 0) is 40.0 Å². The molecule has 0 bridgehead atoms. The van der Waals surface area contributed by atoms with E-state index in [1.807, 2.05) is 45.9 Å². The summed E-state index contributed by atoms with van der Waals surface area (Å²) in [5, 5.41) is 16.7. The van der Waals surface area contributed by atoms with Crippen molar-refractivity contribution in [2.24, 2.45) is 35.0 Å². The standard InChI is InChI=1S/C41H71N9O7/c1-8-25(4)33(39(55)47-32(24-29-18-12-11-13-19-29)38(54)46-30(36(44)52)20-14-16-22-42)49-41(57)35(27(6)10-3)50-40(56)34(26(5)9-2)48-37(53)31(45-28(7)51)21-15-17-23-43/h11-13,18-19,25-27,30-35H,8-10,14-17,20-24,42-43H2,1-7H3,(H2,44,52)(H,45,51)(H,46,54)(H,47,55)(H,48,53)(H,49,57)(H,50,56)/t25-,26-,27-,30-,31-,32-,33-,34-,35-/m0/s1. The molecule has 0 fully saturated rings. The molecule has 1 aromatic carbocycles. The number of benzene rings is 1. The number of hydrogen-bond donors (Lipinski definition) is 9. The molecule has 16 nitrogen and oxygen atoms in total. The van der Waals surface area contributed by atoms with E-state index >= 15 is 0 Å². The van der Waals surface area contributed by atoms with E-state index in [9.17, 15) is 33.6 Å². The highest BCUT2D eigenvalue weighted by molar-refractivity contribution is 5.97. The van der Waals surface area contributed by atoms with Crippen LogP contribution in [0.5, 0.6) is 0 Å². The Morgan fingerprint density at radius 1 is 0.526 bits per heavy atom. The fourth-order valence-corrected chi connectivity index (χ4v) is 6.22. The van der Waals surface area contributed by atoms with E-state index < -0.39 is 77.6 Å². The molecule has 0 aliphatic carbocycles. The zero-order chi connectivity index (χ0) is 43.1. The van der Waals surface area contributed by atoms with E-state index in [4.69, 9.17) is 17.2 Å². The number of carbonyl (C=O) groups excluding carboxylic acids is 7. The van der Waals surface area contributed by atoms with Crippen LogP contribution in [0.3, 0.4) is 0 Å².